The highest BCUT2D eigenvalue weighted by molar-refractivity contribution is 6.03. The van der Waals surface area contributed by atoms with E-state index in [0.29, 0.717) is 23.7 Å². The number of aryl methyl sites for hydroxylation is 1. The predicted molar refractivity (Wildman–Crippen MR) is 94.3 cm³/mol. The summed E-state index contributed by atoms with van der Waals surface area (Å²) in [5.41, 5.74) is 3.43. The van der Waals surface area contributed by atoms with Gasteiger partial charge in [0.25, 0.3) is 5.91 Å². The van der Waals surface area contributed by atoms with Crippen molar-refractivity contribution in [2.24, 2.45) is 0 Å². The Kier molecular flexibility index (Phi) is 4.79. The second-order valence-electron chi connectivity index (χ2n) is 5.54. The number of anilines is 1. The van der Waals surface area contributed by atoms with Crippen LogP contribution in [0, 0.1) is 12.7 Å². The van der Waals surface area contributed by atoms with E-state index in [0.717, 1.165) is 16.9 Å². The van der Waals surface area contributed by atoms with Gasteiger partial charge in [-0.1, -0.05) is 0 Å². The van der Waals surface area contributed by atoms with Gasteiger partial charge in [0, 0.05) is 11.3 Å². The van der Waals surface area contributed by atoms with Crippen LogP contribution in [0.5, 0.6) is 5.75 Å². The van der Waals surface area contributed by atoms with Crippen LogP contribution in [0.1, 0.15) is 23.0 Å². The van der Waals surface area contributed by atoms with Gasteiger partial charge in [0.1, 0.15) is 17.3 Å². The van der Waals surface area contributed by atoms with E-state index in [1.165, 1.54) is 24.3 Å². The Bertz CT molecular complexity index is 888. The first-order chi connectivity index (χ1) is 12.1. The lowest BCUT2D eigenvalue weighted by atomic mass is 10.1. The summed E-state index contributed by atoms with van der Waals surface area (Å²) < 4.78 is 18.4. The molecular formula is C19H18FN3O2. The first kappa shape index (κ1) is 16.7. The quantitative estimate of drug-likeness (QED) is 0.733. The van der Waals surface area contributed by atoms with E-state index in [-0.39, 0.29) is 11.7 Å². The van der Waals surface area contributed by atoms with Crippen LogP contribution in [-0.2, 0) is 0 Å². The molecule has 25 heavy (non-hydrogen) atoms. The molecule has 0 spiro atoms. The number of hydrogen-bond acceptors (Lipinski definition) is 3. The zero-order valence-corrected chi connectivity index (χ0v) is 14.0. The molecule has 2 N–H and O–H groups in total. The van der Waals surface area contributed by atoms with Gasteiger partial charge < -0.3 is 10.1 Å². The van der Waals surface area contributed by atoms with Crippen molar-refractivity contribution in [3.63, 3.8) is 0 Å². The zero-order valence-electron chi connectivity index (χ0n) is 14.0. The lowest BCUT2D eigenvalue weighted by Crippen LogP contribution is -2.12. The van der Waals surface area contributed by atoms with Crippen molar-refractivity contribution in [3.8, 4) is 17.0 Å². The fraction of sp³-hybridized carbons (Fsp3) is 0.158. The molecule has 0 saturated heterocycles. The van der Waals surface area contributed by atoms with Crippen molar-refractivity contribution in [3.05, 3.63) is 65.6 Å². The van der Waals surface area contributed by atoms with E-state index in [1.807, 2.05) is 32.0 Å². The van der Waals surface area contributed by atoms with E-state index in [4.69, 9.17) is 4.74 Å². The summed E-state index contributed by atoms with van der Waals surface area (Å²) >= 11 is 0. The molecule has 1 aromatic heterocycles. The van der Waals surface area contributed by atoms with Crippen LogP contribution in [0.3, 0.4) is 0 Å². The zero-order chi connectivity index (χ0) is 17.8. The molecule has 0 aliphatic carbocycles. The Morgan fingerprint density at radius 2 is 1.96 bits per heavy atom. The molecular weight excluding hydrogens is 321 g/mol. The summed E-state index contributed by atoms with van der Waals surface area (Å²) in [5.74, 6) is 0.107. The molecule has 0 aliphatic heterocycles. The van der Waals surface area contributed by atoms with Gasteiger partial charge in [0.05, 0.1) is 12.3 Å². The molecule has 0 aliphatic rings. The van der Waals surface area contributed by atoms with Gasteiger partial charge in [-0.25, -0.2) is 4.39 Å². The predicted octanol–water partition coefficient (Wildman–Crippen LogP) is 4.18. The monoisotopic (exact) mass is 339 g/mol. The molecule has 1 heterocycles. The number of halogens is 1. The van der Waals surface area contributed by atoms with Crippen LogP contribution >= 0.6 is 0 Å². The largest absolute Gasteiger partial charge is 0.494 e. The first-order valence-corrected chi connectivity index (χ1v) is 7.93. The van der Waals surface area contributed by atoms with Crippen LogP contribution in [0.4, 0.5) is 10.1 Å². The van der Waals surface area contributed by atoms with Crippen molar-refractivity contribution in [1.29, 1.82) is 0 Å². The Morgan fingerprint density at radius 1 is 1.20 bits per heavy atom. The van der Waals surface area contributed by atoms with Crippen LogP contribution in [0.15, 0.2) is 48.5 Å². The van der Waals surface area contributed by atoms with Gasteiger partial charge in [0.2, 0.25) is 0 Å². The van der Waals surface area contributed by atoms with Gasteiger partial charge in [-0.3, -0.25) is 9.89 Å². The van der Waals surface area contributed by atoms with E-state index >= 15 is 0 Å². The first-order valence-electron chi connectivity index (χ1n) is 7.93. The minimum absolute atomic E-state index is 0.326. The number of amides is 1. The van der Waals surface area contributed by atoms with Crippen molar-refractivity contribution >= 4 is 11.6 Å². The third-order valence-electron chi connectivity index (χ3n) is 3.71. The summed E-state index contributed by atoms with van der Waals surface area (Å²) in [6.07, 6.45) is 0. The normalized spacial score (nSPS) is 10.5. The van der Waals surface area contributed by atoms with Crippen LogP contribution in [0.25, 0.3) is 11.3 Å². The Hall–Kier alpha value is -3.15. The molecule has 3 aromatic rings. The summed E-state index contributed by atoms with van der Waals surface area (Å²) in [6, 6.07) is 13.0. The van der Waals surface area contributed by atoms with Crippen molar-refractivity contribution in [1.82, 2.24) is 10.2 Å². The minimum Gasteiger partial charge on any atom is -0.494 e. The van der Waals surface area contributed by atoms with Gasteiger partial charge >= 0.3 is 0 Å². The standard InChI is InChI=1S/C19H18FN3O2/c1-3-25-15-8-9-16(12(2)10-15)17-11-18(23-22-17)19(24)21-14-6-4-13(20)5-7-14/h4-11H,3H2,1-2H3,(H,21,24)(H,22,23). The smallest absolute Gasteiger partial charge is 0.273 e. The second-order valence-corrected chi connectivity index (χ2v) is 5.54. The maximum Gasteiger partial charge on any atom is 0.273 e. The number of carbonyl (C=O) groups is 1. The number of ether oxygens (including phenoxy) is 1. The highest BCUT2D eigenvalue weighted by atomic mass is 19.1. The number of benzene rings is 2. The van der Waals surface area contributed by atoms with Gasteiger partial charge in [-0.05, 0) is 67.9 Å². The Balaban J connectivity index is 1.77. The lowest BCUT2D eigenvalue weighted by molar-refractivity contribution is 0.102. The number of aromatic nitrogens is 2. The molecule has 1 amide bonds. The fourth-order valence-electron chi connectivity index (χ4n) is 2.49. The SMILES string of the molecule is CCOc1ccc(-c2cc(C(=O)Nc3ccc(F)cc3)[nH]n2)c(C)c1. The van der Waals surface area contributed by atoms with Gasteiger partial charge in [0.15, 0.2) is 0 Å². The fourth-order valence-corrected chi connectivity index (χ4v) is 2.49. The molecule has 5 nitrogen and oxygen atoms in total. The van der Waals surface area contributed by atoms with Crippen molar-refractivity contribution < 1.29 is 13.9 Å². The number of nitrogens with one attached hydrogen (secondary N) is 2. The topological polar surface area (TPSA) is 67.0 Å². The molecule has 3 rings (SSSR count). The van der Waals surface area contributed by atoms with E-state index in [9.17, 15) is 9.18 Å². The number of rotatable bonds is 5. The second kappa shape index (κ2) is 7.17. The summed E-state index contributed by atoms with van der Waals surface area (Å²) in [5, 5.41) is 9.64. The molecule has 0 radical (unpaired) electrons. The number of aromatic amines is 1. The molecule has 0 saturated carbocycles. The summed E-state index contributed by atoms with van der Waals surface area (Å²) in [6.45, 7) is 4.50. The van der Waals surface area contributed by atoms with Crippen LogP contribution in [-0.4, -0.2) is 22.7 Å². The highest BCUT2D eigenvalue weighted by Gasteiger charge is 2.13. The highest BCUT2D eigenvalue weighted by Crippen LogP contribution is 2.26. The molecule has 0 unspecified atom stereocenters. The van der Waals surface area contributed by atoms with Crippen LogP contribution in [0.2, 0.25) is 0 Å². The average Bonchev–Trinajstić information content (AvgIpc) is 3.07. The summed E-state index contributed by atoms with van der Waals surface area (Å²) in [4.78, 5) is 12.3. The summed E-state index contributed by atoms with van der Waals surface area (Å²) in [7, 11) is 0. The molecule has 128 valence electrons. The van der Waals surface area contributed by atoms with Gasteiger partial charge in [-0.2, -0.15) is 5.10 Å². The average molecular weight is 339 g/mol. The van der Waals surface area contributed by atoms with Crippen molar-refractivity contribution in [2.75, 3.05) is 11.9 Å². The molecule has 0 atom stereocenters. The van der Waals surface area contributed by atoms with E-state index in [1.54, 1.807) is 6.07 Å². The number of H-pyrrole nitrogens is 1. The van der Waals surface area contributed by atoms with Crippen molar-refractivity contribution in [2.45, 2.75) is 13.8 Å². The third kappa shape index (κ3) is 3.85. The maximum absolute atomic E-state index is 12.9. The Labute approximate surface area is 144 Å². The lowest BCUT2D eigenvalue weighted by Gasteiger charge is -2.07. The number of carbonyl (C=O) groups excluding carboxylic acids is 1. The third-order valence-corrected chi connectivity index (χ3v) is 3.71. The molecule has 2 aromatic carbocycles. The number of nitrogens with zero attached hydrogens (tertiary/aromatic N) is 1. The molecule has 0 fully saturated rings. The van der Waals surface area contributed by atoms with E-state index < -0.39 is 0 Å². The minimum atomic E-state index is -0.354. The molecule has 6 heteroatoms. The van der Waals surface area contributed by atoms with E-state index in [2.05, 4.69) is 15.5 Å². The molecule has 0 bridgehead atoms. The van der Waals surface area contributed by atoms with Gasteiger partial charge in [-0.15, -0.1) is 0 Å². The Morgan fingerprint density at radius 3 is 2.64 bits per heavy atom. The number of hydrogen-bond donors (Lipinski definition) is 2. The maximum atomic E-state index is 12.9. The van der Waals surface area contributed by atoms with Crippen LogP contribution < -0.4 is 10.1 Å².